The number of nitrogens with zero attached hydrogens (tertiary/aromatic N) is 3. The highest BCUT2D eigenvalue weighted by atomic mass is 32.2. The van der Waals surface area contributed by atoms with Gasteiger partial charge in [0.15, 0.2) is 5.03 Å². The molecule has 0 radical (unpaired) electrons. The number of pyridine rings is 1. The summed E-state index contributed by atoms with van der Waals surface area (Å²) in [5.74, 6) is 0. The second kappa shape index (κ2) is 6.83. The normalized spacial score (nSPS) is 14.7. The molecule has 21 heavy (non-hydrogen) atoms. The van der Waals surface area contributed by atoms with Crippen molar-refractivity contribution in [1.29, 1.82) is 0 Å². The lowest BCUT2D eigenvalue weighted by atomic mass is 9.87. The smallest absolute Gasteiger partial charge is 0.251 e. The minimum absolute atomic E-state index is 0.0176. The van der Waals surface area contributed by atoms with Crippen LogP contribution in [0.3, 0.4) is 0 Å². The Morgan fingerprint density at radius 1 is 1.24 bits per heavy atom. The fourth-order valence-corrected chi connectivity index (χ4v) is 2.94. The standard InChI is InChI=1S/C14H26N4O2S/c1-14(2,3)12(16-17(4)5)11-18(6)21(19,20)13-9-7-8-10-15-13/h7-10,12,16H,11H2,1-6H3/t12-/m1/s1. The molecule has 0 saturated heterocycles. The average Bonchev–Trinajstić information content (AvgIpc) is 2.37. The van der Waals surface area contributed by atoms with Gasteiger partial charge in [0.25, 0.3) is 10.0 Å². The lowest BCUT2D eigenvalue weighted by Crippen LogP contribution is -2.53. The van der Waals surface area contributed by atoms with Crippen molar-refractivity contribution >= 4 is 10.0 Å². The fourth-order valence-electron chi connectivity index (χ4n) is 1.83. The third kappa shape index (κ3) is 5.03. The molecule has 0 bridgehead atoms. The van der Waals surface area contributed by atoms with Gasteiger partial charge >= 0.3 is 0 Å². The molecule has 6 nitrogen and oxygen atoms in total. The molecule has 1 rings (SSSR count). The van der Waals surface area contributed by atoms with Crippen molar-refractivity contribution in [2.24, 2.45) is 5.41 Å². The van der Waals surface area contributed by atoms with E-state index in [0.29, 0.717) is 6.54 Å². The van der Waals surface area contributed by atoms with E-state index in [2.05, 4.69) is 31.2 Å². The summed E-state index contributed by atoms with van der Waals surface area (Å²) in [6.07, 6.45) is 1.49. The number of hydrogen-bond donors (Lipinski definition) is 1. The Morgan fingerprint density at radius 3 is 2.29 bits per heavy atom. The fraction of sp³-hybridized carbons (Fsp3) is 0.643. The zero-order valence-electron chi connectivity index (χ0n) is 13.7. The first-order valence-corrected chi connectivity index (χ1v) is 8.30. The summed E-state index contributed by atoms with van der Waals surface area (Å²) in [5.41, 5.74) is 3.20. The van der Waals surface area contributed by atoms with Crippen molar-refractivity contribution in [2.75, 3.05) is 27.7 Å². The zero-order chi connectivity index (χ0) is 16.3. The maximum absolute atomic E-state index is 12.5. The molecule has 0 fully saturated rings. The molecule has 1 atom stereocenters. The number of hydrogen-bond acceptors (Lipinski definition) is 5. The summed E-state index contributed by atoms with van der Waals surface area (Å²) in [6, 6.07) is 4.87. The van der Waals surface area contributed by atoms with Gasteiger partial charge in [0.1, 0.15) is 0 Å². The molecule has 0 aliphatic heterocycles. The molecule has 120 valence electrons. The summed E-state index contributed by atoms with van der Waals surface area (Å²) in [6.45, 7) is 6.60. The molecule has 0 aliphatic carbocycles. The van der Waals surface area contributed by atoms with Gasteiger partial charge in [-0.15, -0.1) is 0 Å². The van der Waals surface area contributed by atoms with Crippen molar-refractivity contribution < 1.29 is 8.42 Å². The van der Waals surface area contributed by atoms with Crippen molar-refractivity contribution in [3.63, 3.8) is 0 Å². The quantitative estimate of drug-likeness (QED) is 0.799. The predicted octanol–water partition coefficient (Wildman–Crippen LogP) is 1.18. The third-order valence-electron chi connectivity index (χ3n) is 3.21. The van der Waals surface area contributed by atoms with Gasteiger partial charge in [0.2, 0.25) is 0 Å². The highest BCUT2D eigenvalue weighted by Gasteiger charge is 2.31. The Balaban J connectivity index is 2.94. The van der Waals surface area contributed by atoms with Gasteiger partial charge in [-0.2, -0.15) is 4.31 Å². The van der Waals surface area contributed by atoms with E-state index in [9.17, 15) is 8.42 Å². The molecule has 1 N–H and O–H groups in total. The molecule has 0 saturated carbocycles. The van der Waals surface area contributed by atoms with Crippen molar-refractivity contribution in [2.45, 2.75) is 31.8 Å². The number of rotatable bonds is 6. The van der Waals surface area contributed by atoms with E-state index < -0.39 is 10.0 Å². The van der Waals surface area contributed by atoms with Crippen molar-refractivity contribution in [3.8, 4) is 0 Å². The van der Waals surface area contributed by atoms with Crippen molar-refractivity contribution in [3.05, 3.63) is 24.4 Å². The Bertz CT molecular complexity index is 538. The van der Waals surface area contributed by atoms with Crippen LogP contribution in [0.25, 0.3) is 0 Å². The monoisotopic (exact) mass is 314 g/mol. The summed E-state index contributed by atoms with van der Waals surface area (Å²) in [5, 5.41) is 1.92. The van der Waals surface area contributed by atoms with Gasteiger partial charge < -0.3 is 0 Å². The Hall–Kier alpha value is -1.02. The van der Waals surface area contributed by atoms with Crippen LogP contribution in [0.5, 0.6) is 0 Å². The van der Waals surface area contributed by atoms with Gasteiger partial charge in [0.05, 0.1) is 0 Å². The van der Waals surface area contributed by atoms with Crippen LogP contribution >= 0.6 is 0 Å². The van der Waals surface area contributed by atoms with E-state index in [1.165, 1.54) is 16.6 Å². The first-order chi connectivity index (χ1) is 9.55. The van der Waals surface area contributed by atoms with Crippen molar-refractivity contribution in [1.82, 2.24) is 19.7 Å². The Morgan fingerprint density at radius 2 is 1.86 bits per heavy atom. The largest absolute Gasteiger partial charge is 0.260 e. The van der Waals surface area contributed by atoms with Gasteiger partial charge in [-0.1, -0.05) is 26.8 Å². The number of hydrazine groups is 1. The number of likely N-dealkylation sites (N-methyl/N-ethyl adjacent to an activating group) is 1. The molecule has 0 spiro atoms. The van der Waals surface area contributed by atoms with E-state index in [1.54, 1.807) is 19.2 Å². The van der Waals surface area contributed by atoms with Gasteiger partial charge in [0, 0.05) is 39.9 Å². The SMILES string of the molecule is CN(C)N[C@H](CN(C)S(=O)(=O)c1ccccn1)C(C)(C)C. The molecule has 1 heterocycles. The third-order valence-corrected chi connectivity index (χ3v) is 4.95. The Labute approximate surface area is 128 Å². The summed E-state index contributed by atoms with van der Waals surface area (Å²) < 4.78 is 26.4. The number of sulfonamides is 1. The van der Waals surface area contributed by atoms with Crippen LogP contribution in [0.2, 0.25) is 0 Å². The maximum Gasteiger partial charge on any atom is 0.260 e. The first kappa shape index (κ1) is 18.0. The van der Waals surface area contributed by atoms with Crippen LogP contribution in [0.4, 0.5) is 0 Å². The molecule has 0 unspecified atom stereocenters. The minimum Gasteiger partial charge on any atom is -0.251 e. The van der Waals surface area contributed by atoms with Gasteiger partial charge in [-0.05, 0) is 17.5 Å². The summed E-state index contributed by atoms with van der Waals surface area (Å²) in [7, 11) is 1.81. The molecule has 1 aromatic heterocycles. The van der Waals surface area contributed by atoms with Crippen LogP contribution in [-0.4, -0.2) is 56.4 Å². The first-order valence-electron chi connectivity index (χ1n) is 6.86. The van der Waals surface area contributed by atoms with Crippen LogP contribution in [0.1, 0.15) is 20.8 Å². The maximum atomic E-state index is 12.5. The minimum atomic E-state index is -3.57. The second-order valence-electron chi connectivity index (χ2n) is 6.40. The van der Waals surface area contributed by atoms with E-state index >= 15 is 0 Å². The second-order valence-corrected chi connectivity index (χ2v) is 8.39. The zero-order valence-corrected chi connectivity index (χ0v) is 14.5. The molecule has 0 aliphatic rings. The van der Waals surface area contributed by atoms with E-state index in [-0.39, 0.29) is 16.5 Å². The van der Waals surface area contributed by atoms with Crippen LogP contribution in [0, 0.1) is 5.41 Å². The highest BCUT2D eigenvalue weighted by molar-refractivity contribution is 7.89. The summed E-state index contributed by atoms with van der Waals surface area (Å²) >= 11 is 0. The van der Waals surface area contributed by atoms with Crippen LogP contribution < -0.4 is 5.43 Å². The number of aromatic nitrogens is 1. The number of nitrogens with one attached hydrogen (secondary N) is 1. The van der Waals surface area contributed by atoms with Crippen LogP contribution in [0.15, 0.2) is 29.4 Å². The van der Waals surface area contributed by atoms with Gasteiger partial charge in [-0.25, -0.2) is 13.4 Å². The highest BCUT2D eigenvalue weighted by Crippen LogP contribution is 2.22. The van der Waals surface area contributed by atoms with E-state index in [1.807, 2.05) is 19.1 Å². The molecule has 0 amide bonds. The average molecular weight is 314 g/mol. The van der Waals surface area contributed by atoms with Crippen LogP contribution in [-0.2, 0) is 10.0 Å². The topological polar surface area (TPSA) is 65.5 Å². The molecular weight excluding hydrogens is 288 g/mol. The molecule has 0 aromatic carbocycles. The molecular formula is C14H26N4O2S. The Kier molecular flexibility index (Phi) is 5.86. The van der Waals surface area contributed by atoms with E-state index in [4.69, 9.17) is 0 Å². The van der Waals surface area contributed by atoms with Gasteiger partial charge in [-0.3, -0.25) is 10.4 Å². The van der Waals surface area contributed by atoms with E-state index in [0.717, 1.165) is 0 Å². The lowest BCUT2D eigenvalue weighted by molar-refractivity contribution is 0.140. The summed E-state index contributed by atoms with van der Waals surface area (Å²) in [4.78, 5) is 3.94. The predicted molar refractivity (Wildman–Crippen MR) is 84.1 cm³/mol. The molecule has 7 heteroatoms. The lowest BCUT2D eigenvalue weighted by Gasteiger charge is -2.36. The molecule has 1 aromatic rings.